The Bertz CT molecular complexity index is 1080. The number of hydrogen-bond donors (Lipinski definition) is 1. The van der Waals surface area contributed by atoms with Crippen molar-refractivity contribution in [3.8, 4) is 11.5 Å². The van der Waals surface area contributed by atoms with Gasteiger partial charge in [-0.25, -0.2) is 9.59 Å². The molecular formula is C28H35NO7. The Kier molecular flexibility index (Phi) is 9.33. The number of benzene rings is 2. The third-order valence-electron chi connectivity index (χ3n) is 6.60. The van der Waals surface area contributed by atoms with Crippen LogP contribution in [0.25, 0.3) is 0 Å². The first-order valence-corrected chi connectivity index (χ1v) is 12.2. The van der Waals surface area contributed by atoms with Crippen LogP contribution in [0.1, 0.15) is 60.7 Å². The smallest absolute Gasteiger partial charge is 0.339 e. The minimum Gasteiger partial charge on any atom is -0.497 e. The van der Waals surface area contributed by atoms with Gasteiger partial charge in [-0.3, -0.25) is 4.79 Å². The van der Waals surface area contributed by atoms with E-state index in [1.165, 1.54) is 26.4 Å². The first-order chi connectivity index (χ1) is 17.2. The molecule has 36 heavy (non-hydrogen) atoms. The molecule has 194 valence electrons. The minimum atomic E-state index is -0.785. The number of hydrogen-bond acceptors (Lipinski definition) is 7. The number of ether oxygens (including phenoxy) is 4. The Hall–Kier alpha value is -3.55. The SMILES string of the molecule is COc1ccc(OC)c(NC(=O)COC(=O)c2ccccc2C(=O)O[C@@H]2C[C@@H](C)CC[C@@H]2C(C)C)c1. The van der Waals surface area contributed by atoms with Crippen LogP contribution in [0.5, 0.6) is 11.5 Å². The summed E-state index contributed by atoms with van der Waals surface area (Å²) in [5.41, 5.74) is 0.556. The van der Waals surface area contributed by atoms with E-state index in [-0.39, 0.29) is 23.1 Å². The fraction of sp³-hybridized carbons (Fsp3) is 0.464. The average molecular weight is 498 g/mol. The number of esters is 2. The van der Waals surface area contributed by atoms with Gasteiger partial charge in [0.1, 0.15) is 17.6 Å². The van der Waals surface area contributed by atoms with E-state index in [4.69, 9.17) is 18.9 Å². The summed E-state index contributed by atoms with van der Waals surface area (Å²) in [6.45, 7) is 5.89. The van der Waals surface area contributed by atoms with Crippen LogP contribution < -0.4 is 14.8 Å². The van der Waals surface area contributed by atoms with E-state index in [1.807, 2.05) is 0 Å². The number of methoxy groups -OCH3 is 2. The molecule has 0 bridgehead atoms. The molecule has 1 N–H and O–H groups in total. The fourth-order valence-electron chi connectivity index (χ4n) is 4.60. The molecule has 8 nitrogen and oxygen atoms in total. The maximum atomic E-state index is 13.1. The van der Waals surface area contributed by atoms with Crippen LogP contribution in [0, 0.1) is 17.8 Å². The predicted molar refractivity (Wildman–Crippen MR) is 135 cm³/mol. The van der Waals surface area contributed by atoms with Gasteiger partial charge in [-0.2, -0.15) is 0 Å². The van der Waals surface area contributed by atoms with E-state index in [0.29, 0.717) is 29.0 Å². The minimum absolute atomic E-state index is 0.0548. The first kappa shape index (κ1) is 27.0. The third kappa shape index (κ3) is 6.77. The highest BCUT2D eigenvalue weighted by atomic mass is 16.5. The van der Waals surface area contributed by atoms with Crippen LogP contribution >= 0.6 is 0 Å². The molecule has 0 radical (unpaired) electrons. The standard InChI is InChI=1S/C28H35NO7/c1-17(2)20-12-10-18(3)14-25(20)36-28(32)22-9-7-6-8-21(22)27(31)35-16-26(30)29-23-15-19(33-4)11-13-24(23)34-5/h6-9,11,13,15,17-18,20,25H,10,12,14,16H2,1-5H3,(H,29,30)/t18-,20+,25+/m0/s1. The maximum absolute atomic E-state index is 13.1. The molecular weight excluding hydrogens is 462 g/mol. The lowest BCUT2D eigenvalue weighted by molar-refractivity contribution is -0.119. The van der Waals surface area contributed by atoms with Gasteiger partial charge >= 0.3 is 11.9 Å². The fourth-order valence-corrected chi connectivity index (χ4v) is 4.60. The van der Waals surface area contributed by atoms with Crippen molar-refractivity contribution in [3.63, 3.8) is 0 Å². The van der Waals surface area contributed by atoms with Crippen LogP contribution in [0.2, 0.25) is 0 Å². The van der Waals surface area contributed by atoms with Crippen molar-refractivity contribution >= 4 is 23.5 Å². The second kappa shape index (κ2) is 12.4. The highest BCUT2D eigenvalue weighted by Gasteiger charge is 2.34. The number of carbonyl (C=O) groups is 3. The van der Waals surface area contributed by atoms with Crippen LogP contribution in [0.4, 0.5) is 5.69 Å². The van der Waals surface area contributed by atoms with Crippen molar-refractivity contribution in [1.82, 2.24) is 0 Å². The lowest BCUT2D eigenvalue weighted by Gasteiger charge is -2.36. The van der Waals surface area contributed by atoms with E-state index >= 15 is 0 Å². The Morgan fingerprint density at radius 3 is 2.31 bits per heavy atom. The highest BCUT2D eigenvalue weighted by molar-refractivity contribution is 6.04. The Morgan fingerprint density at radius 2 is 1.67 bits per heavy atom. The van der Waals surface area contributed by atoms with E-state index in [9.17, 15) is 14.4 Å². The van der Waals surface area contributed by atoms with Crippen molar-refractivity contribution in [1.29, 1.82) is 0 Å². The van der Waals surface area contributed by atoms with E-state index in [2.05, 4.69) is 26.1 Å². The molecule has 3 rings (SSSR count). The van der Waals surface area contributed by atoms with Gasteiger partial charge in [-0.05, 0) is 54.9 Å². The monoisotopic (exact) mass is 497 g/mol. The van der Waals surface area contributed by atoms with Crippen LogP contribution in [-0.4, -0.2) is 44.8 Å². The maximum Gasteiger partial charge on any atom is 0.339 e. The van der Waals surface area contributed by atoms with Gasteiger partial charge < -0.3 is 24.3 Å². The summed E-state index contributed by atoms with van der Waals surface area (Å²) in [5, 5.41) is 2.64. The largest absolute Gasteiger partial charge is 0.497 e. The topological polar surface area (TPSA) is 100 Å². The van der Waals surface area contributed by atoms with Gasteiger partial charge in [0.15, 0.2) is 6.61 Å². The molecule has 8 heteroatoms. The number of carbonyl (C=O) groups excluding carboxylic acids is 3. The second-order valence-electron chi connectivity index (χ2n) is 9.51. The zero-order valence-corrected chi connectivity index (χ0v) is 21.5. The Balaban J connectivity index is 1.66. The van der Waals surface area contributed by atoms with Gasteiger partial charge in [0.05, 0.1) is 31.0 Å². The van der Waals surface area contributed by atoms with Crippen molar-refractivity contribution in [2.45, 2.75) is 46.1 Å². The van der Waals surface area contributed by atoms with Crippen LogP contribution in [-0.2, 0) is 14.3 Å². The van der Waals surface area contributed by atoms with Crippen LogP contribution in [0.3, 0.4) is 0 Å². The summed E-state index contributed by atoms with van der Waals surface area (Å²) in [6.07, 6.45) is 2.72. The number of amides is 1. The molecule has 1 fully saturated rings. The quantitative estimate of drug-likeness (QED) is 0.480. The number of rotatable bonds is 9. The van der Waals surface area contributed by atoms with Crippen LogP contribution in [0.15, 0.2) is 42.5 Å². The van der Waals surface area contributed by atoms with Gasteiger partial charge in [-0.1, -0.05) is 39.3 Å². The molecule has 1 saturated carbocycles. The van der Waals surface area contributed by atoms with Gasteiger partial charge in [0.2, 0.25) is 0 Å². The first-order valence-electron chi connectivity index (χ1n) is 12.2. The van der Waals surface area contributed by atoms with Gasteiger partial charge in [0.25, 0.3) is 5.91 Å². The molecule has 0 heterocycles. The summed E-state index contributed by atoms with van der Waals surface area (Å²) in [5.74, 6) is 0.193. The molecule has 2 aromatic carbocycles. The highest BCUT2D eigenvalue weighted by Crippen LogP contribution is 2.36. The lowest BCUT2D eigenvalue weighted by Crippen LogP contribution is -2.36. The summed E-state index contributed by atoms with van der Waals surface area (Å²) in [4.78, 5) is 38.4. The van der Waals surface area contributed by atoms with Crippen molar-refractivity contribution in [2.24, 2.45) is 17.8 Å². The zero-order valence-electron chi connectivity index (χ0n) is 21.5. The Morgan fingerprint density at radius 1 is 0.972 bits per heavy atom. The molecule has 1 amide bonds. The molecule has 2 aromatic rings. The molecule has 1 aliphatic rings. The molecule has 3 atom stereocenters. The molecule has 1 aliphatic carbocycles. The summed E-state index contributed by atoms with van der Waals surface area (Å²) >= 11 is 0. The Labute approximate surface area is 212 Å². The van der Waals surface area contributed by atoms with Crippen molar-refractivity contribution in [3.05, 3.63) is 53.6 Å². The molecule has 0 aliphatic heterocycles. The molecule has 0 unspecified atom stereocenters. The van der Waals surface area contributed by atoms with Gasteiger partial charge in [-0.15, -0.1) is 0 Å². The van der Waals surface area contributed by atoms with E-state index in [1.54, 1.807) is 30.3 Å². The predicted octanol–water partition coefficient (Wildman–Crippen LogP) is 5.12. The zero-order chi connectivity index (χ0) is 26.2. The summed E-state index contributed by atoms with van der Waals surface area (Å²) in [7, 11) is 2.99. The lowest BCUT2D eigenvalue weighted by atomic mass is 9.75. The summed E-state index contributed by atoms with van der Waals surface area (Å²) in [6, 6.07) is 11.3. The average Bonchev–Trinajstić information content (AvgIpc) is 2.87. The molecule has 0 saturated heterocycles. The normalized spacial score (nSPS) is 19.3. The van der Waals surface area contributed by atoms with Crippen molar-refractivity contribution < 1.29 is 33.3 Å². The number of nitrogens with one attached hydrogen (secondary N) is 1. The van der Waals surface area contributed by atoms with E-state index in [0.717, 1.165) is 19.3 Å². The molecule has 0 aromatic heterocycles. The molecule has 0 spiro atoms. The summed E-state index contributed by atoms with van der Waals surface area (Å²) < 4.78 is 21.5. The third-order valence-corrected chi connectivity index (χ3v) is 6.60. The van der Waals surface area contributed by atoms with E-state index < -0.39 is 24.5 Å². The van der Waals surface area contributed by atoms with Gasteiger partial charge in [0, 0.05) is 6.07 Å². The number of anilines is 1. The second-order valence-corrected chi connectivity index (χ2v) is 9.51. The van der Waals surface area contributed by atoms with Crippen molar-refractivity contribution in [2.75, 3.05) is 26.1 Å².